The Balaban J connectivity index is 1.98. The molecule has 0 radical (unpaired) electrons. The number of hydrazine groups is 1. The molecule has 2 aromatic carbocycles. The minimum absolute atomic E-state index is 0.342. The number of carbonyl (C=O) groups is 1. The van der Waals surface area contributed by atoms with Gasteiger partial charge in [-0.1, -0.05) is 22.8 Å². The number of nitrogens with one attached hydrogen (secondary N) is 2. The van der Waals surface area contributed by atoms with Crippen molar-refractivity contribution in [2.24, 2.45) is 5.16 Å². The van der Waals surface area contributed by atoms with E-state index in [4.69, 9.17) is 21.2 Å². The molecule has 2 rings (SSSR count). The van der Waals surface area contributed by atoms with Crippen molar-refractivity contribution in [2.45, 2.75) is 13.5 Å². The maximum absolute atomic E-state index is 11.1. The molecule has 0 spiro atoms. The largest absolute Gasteiger partial charge is 0.489 e. The van der Waals surface area contributed by atoms with Crippen LogP contribution in [-0.4, -0.2) is 26.0 Å². The van der Waals surface area contributed by atoms with Gasteiger partial charge in [0.25, 0.3) is 0 Å². The van der Waals surface area contributed by atoms with E-state index in [0.29, 0.717) is 17.3 Å². The average molecular weight is 378 g/mol. The van der Waals surface area contributed by atoms with Crippen molar-refractivity contribution in [1.82, 2.24) is 5.43 Å². The normalized spacial score (nSPS) is 10.8. The molecule has 7 nitrogen and oxygen atoms in total. The maximum Gasteiger partial charge on any atom is 0.425 e. The van der Waals surface area contributed by atoms with Crippen LogP contribution >= 0.6 is 11.6 Å². The summed E-state index contributed by atoms with van der Waals surface area (Å²) in [7, 11) is 2.79. The lowest BCUT2D eigenvalue weighted by Gasteiger charge is -2.12. The lowest BCUT2D eigenvalue weighted by atomic mass is 10.1. The van der Waals surface area contributed by atoms with Gasteiger partial charge in [0, 0.05) is 0 Å². The van der Waals surface area contributed by atoms with Crippen molar-refractivity contribution in [2.75, 3.05) is 19.6 Å². The molecule has 0 bridgehead atoms. The van der Waals surface area contributed by atoms with E-state index in [9.17, 15) is 4.79 Å². The Bertz CT molecular complexity index is 779. The summed E-state index contributed by atoms with van der Waals surface area (Å²) in [4.78, 5) is 15.9. The second kappa shape index (κ2) is 9.53. The topological polar surface area (TPSA) is 81.2 Å². The van der Waals surface area contributed by atoms with Crippen molar-refractivity contribution in [1.29, 1.82) is 0 Å². The monoisotopic (exact) mass is 377 g/mol. The molecule has 1 amide bonds. The lowest BCUT2D eigenvalue weighted by molar-refractivity contribution is 0.173. The number of benzene rings is 2. The van der Waals surface area contributed by atoms with E-state index in [0.717, 1.165) is 22.6 Å². The van der Waals surface area contributed by atoms with Gasteiger partial charge in [-0.3, -0.25) is 5.43 Å². The summed E-state index contributed by atoms with van der Waals surface area (Å²) in [6.07, 6.45) is -0.616. The van der Waals surface area contributed by atoms with Gasteiger partial charge < -0.3 is 14.3 Å². The van der Waals surface area contributed by atoms with Crippen LogP contribution < -0.4 is 15.6 Å². The van der Waals surface area contributed by atoms with Crippen LogP contribution in [0.15, 0.2) is 47.6 Å². The molecule has 2 N–H and O–H groups in total. The van der Waals surface area contributed by atoms with Crippen molar-refractivity contribution < 1.29 is 19.1 Å². The third-order valence-electron chi connectivity index (χ3n) is 3.42. The van der Waals surface area contributed by atoms with Crippen LogP contribution in [0, 0.1) is 0 Å². The van der Waals surface area contributed by atoms with E-state index < -0.39 is 6.09 Å². The fourth-order valence-electron chi connectivity index (χ4n) is 2.08. The second-order valence-electron chi connectivity index (χ2n) is 5.23. The van der Waals surface area contributed by atoms with Gasteiger partial charge in [0.1, 0.15) is 19.5 Å². The SMILES string of the molecule is CO/N=C(\C)c1ccc(OCc2ccc(Cl)c(NNC(=O)OC)c2)cc1. The second-order valence-corrected chi connectivity index (χ2v) is 5.64. The number of rotatable bonds is 7. The predicted octanol–water partition coefficient (Wildman–Crippen LogP) is 3.97. The third-order valence-corrected chi connectivity index (χ3v) is 3.75. The number of nitrogens with zero attached hydrogens (tertiary/aromatic N) is 1. The number of methoxy groups -OCH3 is 1. The molecule has 0 unspecified atom stereocenters. The Labute approximate surface area is 156 Å². The first-order valence-corrected chi connectivity index (χ1v) is 8.10. The van der Waals surface area contributed by atoms with Crippen molar-refractivity contribution in [3.8, 4) is 5.75 Å². The first-order chi connectivity index (χ1) is 12.5. The van der Waals surface area contributed by atoms with Crippen LogP contribution in [0.1, 0.15) is 18.1 Å². The summed E-state index contributed by atoms with van der Waals surface area (Å²) >= 11 is 6.10. The highest BCUT2D eigenvalue weighted by atomic mass is 35.5. The smallest absolute Gasteiger partial charge is 0.425 e. The molecular weight excluding hydrogens is 358 g/mol. The molecule has 0 aliphatic heterocycles. The molecule has 0 atom stereocenters. The number of amides is 1. The number of ether oxygens (including phenoxy) is 2. The molecule has 0 saturated heterocycles. The Morgan fingerprint density at radius 2 is 1.88 bits per heavy atom. The minimum Gasteiger partial charge on any atom is -0.489 e. The zero-order valence-corrected chi connectivity index (χ0v) is 15.5. The Morgan fingerprint density at radius 1 is 1.15 bits per heavy atom. The highest BCUT2D eigenvalue weighted by Crippen LogP contribution is 2.23. The van der Waals surface area contributed by atoms with E-state index in [2.05, 4.69) is 20.7 Å². The standard InChI is InChI=1S/C18H20ClN3O4/c1-12(22-25-3)14-5-7-15(8-6-14)26-11-13-4-9-16(19)17(10-13)20-21-18(23)24-2/h4-10,20H,11H2,1-3H3,(H,21,23)/b22-12+. The van der Waals surface area contributed by atoms with Crippen LogP contribution in [0.5, 0.6) is 5.75 Å². The van der Waals surface area contributed by atoms with Crippen LogP contribution in [0.2, 0.25) is 5.02 Å². The minimum atomic E-state index is -0.616. The van der Waals surface area contributed by atoms with Gasteiger partial charge in [-0.15, -0.1) is 0 Å². The molecule has 26 heavy (non-hydrogen) atoms. The van der Waals surface area contributed by atoms with Gasteiger partial charge in [-0.25, -0.2) is 10.2 Å². The number of hydrogen-bond acceptors (Lipinski definition) is 6. The highest BCUT2D eigenvalue weighted by molar-refractivity contribution is 6.33. The zero-order valence-electron chi connectivity index (χ0n) is 14.7. The predicted molar refractivity (Wildman–Crippen MR) is 101 cm³/mol. The van der Waals surface area contributed by atoms with Crippen LogP contribution in [-0.2, 0) is 16.2 Å². The summed E-state index contributed by atoms with van der Waals surface area (Å²) < 4.78 is 10.3. The molecule has 0 fully saturated rings. The third kappa shape index (κ3) is 5.56. The number of carbonyl (C=O) groups excluding carboxylic acids is 1. The molecule has 0 aliphatic carbocycles. The molecule has 0 saturated carbocycles. The molecule has 8 heteroatoms. The van der Waals surface area contributed by atoms with Gasteiger partial charge in [0.2, 0.25) is 0 Å². The van der Waals surface area contributed by atoms with E-state index >= 15 is 0 Å². The molecule has 0 aromatic heterocycles. The van der Waals surface area contributed by atoms with Gasteiger partial charge in [-0.05, 0) is 54.4 Å². The highest BCUT2D eigenvalue weighted by Gasteiger charge is 2.05. The lowest BCUT2D eigenvalue weighted by Crippen LogP contribution is -2.29. The van der Waals surface area contributed by atoms with Gasteiger partial charge in [0.15, 0.2) is 0 Å². The van der Waals surface area contributed by atoms with E-state index in [1.807, 2.05) is 37.3 Å². The first kappa shape index (κ1) is 19.4. The number of anilines is 1. The number of hydrogen-bond donors (Lipinski definition) is 2. The van der Waals surface area contributed by atoms with Gasteiger partial charge in [0.05, 0.1) is 23.5 Å². The summed E-state index contributed by atoms with van der Waals surface area (Å²) in [5.74, 6) is 0.719. The molecule has 0 heterocycles. The molecular formula is C18H20ClN3O4. The molecule has 2 aromatic rings. The Hall–Kier alpha value is -2.93. The summed E-state index contributed by atoms with van der Waals surface area (Å²) in [6.45, 7) is 2.21. The van der Waals surface area contributed by atoms with Crippen LogP contribution in [0.25, 0.3) is 0 Å². The van der Waals surface area contributed by atoms with E-state index in [-0.39, 0.29) is 0 Å². The van der Waals surface area contributed by atoms with Crippen molar-refractivity contribution >= 4 is 29.1 Å². The van der Waals surface area contributed by atoms with E-state index in [1.54, 1.807) is 12.1 Å². The zero-order chi connectivity index (χ0) is 18.9. The fraction of sp³-hybridized carbons (Fsp3) is 0.222. The summed E-state index contributed by atoms with van der Waals surface area (Å²) in [5, 5.41) is 4.35. The maximum atomic E-state index is 11.1. The summed E-state index contributed by atoms with van der Waals surface area (Å²) in [5.41, 5.74) is 8.21. The quantitative estimate of drug-likeness (QED) is 0.563. The first-order valence-electron chi connectivity index (χ1n) is 7.73. The van der Waals surface area contributed by atoms with Crippen molar-refractivity contribution in [3.63, 3.8) is 0 Å². The van der Waals surface area contributed by atoms with Gasteiger partial charge in [-0.2, -0.15) is 0 Å². The van der Waals surface area contributed by atoms with Crippen molar-refractivity contribution in [3.05, 3.63) is 58.6 Å². The Morgan fingerprint density at radius 3 is 2.54 bits per heavy atom. The average Bonchev–Trinajstić information content (AvgIpc) is 2.66. The fourth-order valence-corrected chi connectivity index (χ4v) is 2.24. The number of oxime groups is 1. The van der Waals surface area contributed by atoms with Crippen LogP contribution in [0.3, 0.4) is 0 Å². The van der Waals surface area contributed by atoms with E-state index in [1.165, 1.54) is 14.2 Å². The molecule has 0 aliphatic rings. The van der Waals surface area contributed by atoms with Gasteiger partial charge >= 0.3 is 6.09 Å². The Kier molecular flexibility index (Phi) is 7.11. The number of halogens is 1. The molecule has 138 valence electrons. The van der Waals surface area contributed by atoms with Crippen LogP contribution in [0.4, 0.5) is 10.5 Å². The summed E-state index contributed by atoms with van der Waals surface area (Å²) in [6, 6.07) is 12.9.